The standard InChI is InChI=1S/C8H12O4.C4H10O3/c1-2-3-6-12-8(11)5-4-7(9)10;5-1-3-7-4-2-6/h4-5H,2-3,6H2,1H3,(H,9,10);5-6H,1-4H2/b5-4+;. The van der Waals surface area contributed by atoms with E-state index < -0.39 is 11.9 Å². The number of aliphatic hydroxyl groups is 2. The molecule has 0 saturated heterocycles. The van der Waals surface area contributed by atoms with E-state index in [4.69, 9.17) is 15.3 Å². The van der Waals surface area contributed by atoms with Gasteiger partial charge < -0.3 is 24.8 Å². The lowest BCUT2D eigenvalue weighted by atomic mass is 10.4. The summed E-state index contributed by atoms with van der Waals surface area (Å²) in [5, 5.41) is 24.3. The molecule has 0 rings (SSSR count). The number of ether oxygens (including phenoxy) is 2. The Morgan fingerprint density at radius 3 is 2.05 bits per heavy atom. The fourth-order valence-corrected chi connectivity index (χ4v) is 0.736. The van der Waals surface area contributed by atoms with Gasteiger partial charge in [0, 0.05) is 12.2 Å². The van der Waals surface area contributed by atoms with Gasteiger partial charge in [-0.05, 0) is 6.42 Å². The Morgan fingerprint density at radius 1 is 1.05 bits per heavy atom. The molecule has 0 heterocycles. The molecule has 0 aliphatic rings. The number of rotatable bonds is 9. The number of hydrogen-bond donors (Lipinski definition) is 3. The summed E-state index contributed by atoms with van der Waals surface area (Å²) in [4.78, 5) is 20.6. The topological polar surface area (TPSA) is 113 Å². The molecule has 0 aliphatic carbocycles. The van der Waals surface area contributed by atoms with E-state index in [2.05, 4.69) is 9.47 Å². The quantitative estimate of drug-likeness (QED) is 0.308. The van der Waals surface area contributed by atoms with E-state index in [1.807, 2.05) is 6.92 Å². The minimum absolute atomic E-state index is 0.0278. The maximum Gasteiger partial charge on any atom is 0.331 e. The van der Waals surface area contributed by atoms with Crippen LogP contribution in [0.15, 0.2) is 12.2 Å². The van der Waals surface area contributed by atoms with Gasteiger partial charge in [-0.3, -0.25) is 0 Å². The molecule has 0 saturated carbocycles. The van der Waals surface area contributed by atoms with Crippen LogP contribution in [0.4, 0.5) is 0 Å². The van der Waals surface area contributed by atoms with Crippen LogP contribution < -0.4 is 0 Å². The molecule has 0 radical (unpaired) electrons. The summed E-state index contributed by atoms with van der Waals surface area (Å²) in [6.07, 6.45) is 3.40. The second kappa shape index (κ2) is 16.6. The maximum atomic E-state index is 10.6. The summed E-state index contributed by atoms with van der Waals surface area (Å²) in [6, 6.07) is 0. The van der Waals surface area contributed by atoms with Crippen molar-refractivity contribution in [1.29, 1.82) is 0 Å². The van der Waals surface area contributed by atoms with Gasteiger partial charge in [-0.2, -0.15) is 0 Å². The molecule has 0 unspecified atom stereocenters. The predicted octanol–water partition coefficient (Wildman–Crippen LogP) is -0.0419. The molecular formula is C12H22O7. The molecule has 0 aromatic rings. The monoisotopic (exact) mass is 278 g/mol. The number of carboxylic acid groups (broad SMARTS) is 1. The van der Waals surface area contributed by atoms with Crippen LogP contribution in [-0.4, -0.2) is 60.3 Å². The van der Waals surface area contributed by atoms with Gasteiger partial charge in [0.15, 0.2) is 0 Å². The lowest BCUT2D eigenvalue weighted by molar-refractivity contribution is -0.138. The van der Waals surface area contributed by atoms with Crippen molar-refractivity contribution in [2.45, 2.75) is 19.8 Å². The average molecular weight is 278 g/mol. The van der Waals surface area contributed by atoms with E-state index in [0.29, 0.717) is 19.8 Å². The predicted molar refractivity (Wildman–Crippen MR) is 67.6 cm³/mol. The van der Waals surface area contributed by atoms with Crippen LogP contribution in [0.5, 0.6) is 0 Å². The maximum absolute atomic E-state index is 10.6. The van der Waals surface area contributed by atoms with E-state index in [1.54, 1.807) is 0 Å². The fraction of sp³-hybridized carbons (Fsp3) is 0.667. The molecule has 0 aromatic heterocycles. The van der Waals surface area contributed by atoms with Gasteiger partial charge >= 0.3 is 11.9 Å². The minimum atomic E-state index is -1.15. The zero-order valence-electron chi connectivity index (χ0n) is 11.1. The Hall–Kier alpha value is -1.44. The molecule has 0 aromatic carbocycles. The molecule has 0 fully saturated rings. The number of carbonyl (C=O) groups excluding carboxylic acids is 1. The molecule has 0 atom stereocenters. The van der Waals surface area contributed by atoms with Gasteiger partial charge in [0.2, 0.25) is 0 Å². The van der Waals surface area contributed by atoms with Gasteiger partial charge in [0.25, 0.3) is 0 Å². The zero-order chi connectivity index (χ0) is 14.9. The third-order valence-electron chi connectivity index (χ3n) is 1.58. The van der Waals surface area contributed by atoms with Gasteiger partial charge in [0.05, 0.1) is 33.0 Å². The van der Waals surface area contributed by atoms with Gasteiger partial charge in [-0.25, -0.2) is 9.59 Å². The van der Waals surface area contributed by atoms with Crippen LogP contribution >= 0.6 is 0 Å². The van der Waals surface area contributed by atoms with Crippen molar-refractivity contribution in [3.63, 3.8) is 0 Å². The Labute approximate surface area is 112 Å². The molecule has 112 valence electrons. The summed E-state index contributed by atoms with van der Waals surface area (Å²) in [5.41, 5.74) is 0. The molecular weight excluding hydrogens is 256 g/mol. The third-order valence-corrected chi connectivity index (χ3v) is 1.58. The lowest BCUT2D eigenvalue weighted by Crippen LogP contribution is -2.03. The molecule has 19 heavy (non-hydrogen) atoms. The highest BCUT2D eigenvalue weighted by atomic mass is 16.5. The minimum Gasteiger partial charge on any atom is -0.478 e. The number of unbranched alkanes of at least 4 members (excludes halogenated alkanes) is 1. The van der Waals surface area contributed by atoms with Crippen molar-refractivity contribution in [2.24, 2.45) is 0 Å². The molecule has 7 heteroatoms. The Balaban J connectivity index is 0. The van der Waals surface area contributed by atoms with Crippen molar-refractivity contribution in [3.05, 3.63) is 12.2 Å². The normalized spacial score (nSPS) is 9.84. The van der Waals surface area contributed by atoms with E-state index in [9.17, 15) is 9.59 Å². The number of aliphatic carboxylic acids is 1. The molecule has 0 amide bonds. The van der Waals surface area contributed by atoms with E-state index in [1.165, 1.54) is 0 Å². The first kappa shape index (κ1) is 19.9. The second-order valence-electron chi connectivity index (χ2n) is 3.25. The van der Waals surface area contributed by atoms with Gasteiger partial charge in [-0.15, -0.1) is 0 Å². The highest BCUT2D eigenvalue weighted by Gasteiger charge is 1.96. The number of esters is 1. The Morgan fingerprint density at radius 2 is 1.63 bits per heavy atom. The SMILES string of the molecule is CCCCOC(=O)/C=C/C(=O)O.OCCOCCO. The summed E-state index contributed by atoms with van der Waals surface area (Å²) in [5.74, 6) is -1.76. The van der Waals surface area contributed by atoms with Gasteiger partial charge in [0.1, 0.15) is 0 Å². The molecule has 0 aliphatic heterocycles. The molecule has 7 nitrogen and oxygen atoms in total. The molecule has 3 N–H and O–H groups in total. The second-order valence-corrected chi connectivity index (χ2v) is 3.25. The van der Waals surface area contributed by atoms with Crippen molar-refractivity contribution in [2.75, 3.05) is 33.0 Å². The highest BCUT2D eigenvalue weighted by molar-refractivity contribution is 5.90. The zero-order valence-corrected chi connectivity index (χ0v) is 11.1. The Kier molecular flexibility index (Phi) is 17.3. The first-order valence-corrected chi connectivity index (χ1v) is 5.95. The summed E-state index contributed by atoms with van der Waals surface area (Å²) in [6.45, 7) is 3.02. The molecule has 0 spiro atoms. The number of hydrogen-bond acceptors (Lipinski definition) is 6. The summed E-state index contributed by atoms with van der Waals surface area (Å²) in [7, 11) is 0. The number of carboxylic acids is 1. The summed E-state index contributed by atoms with van der Waals surface area (Å²) >= 11 is 0. The van der Waals surface area contributed by atoms with Gasteiger partial charge in [-0.1, -0.05) is 13.3 Å². The van der Waals surface area contributed by atoms with Crippen LogP contribution in [-0.2, 0) is 19.1 Å². The van der Waals surface area contributed by atoms with E-state index in [0.717, 1.165) is 25.0 Å². The largest absolute Gasteiger partial charge is 0.478 e. The Bertz CT molecular complexity index is 246. The van der Waals surface area contributed by atoms with E-state index in [-0.39, 0.29) is 13.2 Å². The molecule has 0 bridgehead atoms. The van der Waals surface area contributed by atoms with Crippen molar-refractivity contribution in [1.82, 2.24) is 0 Å². The van der Waals surface area contributed by atoms with Crippen molar-refractivity contribution >= 4 is 11.9 Å². The van der Waals surface area contributed by atoms with Crippen LogP contribution in [0.3, 0.4) is 0 Å². The van der Waals surface area contributed by atoms with Crippen LogP contribution in [0.1, 0.15) is 19.8 Å². The first-order chi connectivity index (χ1) is 9.08. The highest BCUT2D eigenvalue weighted by Crippen LogP contribution is 1.89. The summed E-state index contributed by atoms with van der Waals surface area (Å²) < 4.78 is 9.28. The average Bonchev–Trinajstić information content (AvgIpc) is 2.38. The van der Waals surface area contributed by atoms with Crippen molar-refractivity contribution < 1.29 is 34.4 Å². The van der Waals surface area contributed by atoms with Crippen molar-refractivity contribution in [3.8, 4) is 0 Å². The van der Waals surface area contributed by atoms with Crippen LogP contribution in [0.25, 0.3) is 0 Å². The van der Waals surface area contributed by atoms with E-state index >= 15 is 0 Å². The lowest BCUT2D eigenvalue weighted by Gasteiger charge is -1.97. The fourth-order valence-electron chi connectivity index (χ4n) is 0.736. The first-order valence-electron chi connectivity index (χ1n) is 5.95. The van der Waals surface area contributed by atoms with Crippen LogP contribution in [0, 0.1) is 0 Å². The third kappa shape index (κ3) is 22.3. The smallest absolute Gasteiger partial charge is 0.331 e. The number of carbonyl (C=O) groups is 2. The number of aliphatic hydroxyl groups excluding tert-OH is 2. The van der Waals surface area contributed by atoms with Crippen LogP contribution in [0.2, 0.25) is 0 Å².